The van der Waals surface area contributed by atoms with Crippen LogP contribution in [-0.4, -0.2) is 5.78 Å². The van der Waals surface area contributed by atoms with Gasteiger partial charge in [-0.1, -0.05) is 13.5 Å². The average Bonchev–Trinajstić information content (AvgIpc) is 1.65. The first-order chi connectivity index (χ1) is 3.18. The lowest BCUT2D eigenvalue weighted by atomic mass is 10.2. The summed E-state index contributed by atoms with van der Waals surface area (Å²) < 4.78 is 0. The van der Waals surface area contributed by atoms with Gasteiger partial charge in [0.2, 0.25) is 0 Å². The summed E-state index contributed by atoms with van der Waals surface area (Å²) in [6, 6.07) is 0. The van der Waals surface area contributed by atoms with Gasteiger partial charge < -0.3 is 0 Å². The molecule has 0 aromatic heterocycles. The smallest absolute Gasteiger partial charge is 0.157 e. The minimum absolute atomic E-state index is 0. The van der Waals surface area contributed by atoms with Crippen molar-refractivity contribution in [3.63, 3.8) is 0 Å². The van der Waals surface area contributed by atoms with Crippen LogP contribution in [0, 0.1) is 0 Å². The molecule has 0 amide bonds. The topological polar surface area (TPSA) is 17.1 Å². The lowest BCUT2D eigenvalue weighted by Crippen LogP contribution is -1.93. The van der Waals surface area contributed by atoms with Gasteiger partial charge in [0, 0.05) is 6.42 Å². The zero-order chi connectivity index (χ0) is 5.86. The van der Waals surface area contributed by atoms with E-state index >= 15 is 0 Å². The van der Waals surface area contributed by atoms with Gasteiger partial charge in [0.1, 0.15) is 0 Å². The fraction of sp³-hybridized carbons (Fsp3) is 0.500. The molecule has 0 aromatic rings. The zero-order valence-electron chi connectivity index (χ0n) is 5.32. The van der Waals surface area contributed by atoms with E-state index in [0.29, 0.717) is 12.0 Å². The van der Waals surface area contributed by atoms with E-state index in [4.69, 9.17) is 0 Å². The standard InChI is InChI=1S/C6H10O.H2S/c1-4-6(7)5(2)3;/h2,4H2,1,3H3;1H2. The van der Waals surface area contributed by atoms with Crippen molar-refractivity contribution in [1.29, 1.82) is 0 Å². The van der Waals surface area contributed by atoms with Crippen LogP contribution in [-0.2, 0) is 4.79 Å². The minimum atomic E-state index is 0. The molecule has 48 valence electrons. The molecule has 0 fully saturated rings. The maximum absolute atomic E-state index is 10.4. The molecule has 0 aliphatic heterocycles. The molecule has 0 aliphatic rings. The van der Waals surface area contributed by atoms with Gasteiger partial charge in [-0.2, -0.15) is 13.5 Å². The number of rotatable bonds is 2. The van der Waals surface area contributed by atoms with Crippen LogP contribution < -0.4 is 0 Å². The molecule has 0 rings (SSSR count). The van der Waals surface area contributed by atoms with Gasteiger partial charge in [0.15, 0.2) is 5.78 Å². The molecule has 0 aromatic carbocycles. The monoisotopic (exact) mass is 132 g/mol. The fourth-order valence-electron chi connectivity index (χ4n) is 0.302. The highest BCUT2D eigenvalue weighted by Gasteiger charge is 1.93. The summed E-state index contributed by atoms with van der Waals surface area (Å²) >= 11 is 0. The van der Waals surface area contributed by atoms with Gasteiger partial charge in [-0.05, 0) is 12.5 Å². The predicted molar refractivity (Wildman–Crippen MR) is 40.5 cm³/mol. The number of carbonyl (C=O) groups excluding carboxylic acids is 1. The molecule has 0 saturated heterocycles. The molecule has 0 bridgehead atoms. The second-order valence-electron chi connectivity index (χ2n) is 1.56. The average molecular weight is 132 g/mol. The summed E-state index contributed by atoms with van der Waals surface area (Å²) in [6.45, 7) is 7.03. The molecule has 1 nitrogen and oxygen atoms in total. The van der Waals surface area contributed by atoms with Crippen LogP contribution in [0.25, 0.3) is 0 Å². The van der Waals surface area contributed by atoms with Crippen LogP contribution in [0.15, 0.2) is 12.2 Å². The molecule has 0 aliphatic carbocycles. The Hall–Kier alpha value is -0.240. The Bertz CT molecular complexity index is 96.7. The molecule has 0 atom stereocenters. The van der Waals surface area contributed by atoms with Gasteiger partial charge in [0.05, 0.1) is 0 Å². The highest BCUT2D eigenvalue weighted by molar-refractivity contribution is 7.59. The Labute approximate surface area is 57.2 Å². The van der Waals surface area contributed by atoms with Crippen molar-refractivity contribution in [3.8, 4) is 0 Å². The summed E-state index contributed by atoms with van der Waals surface area (Å²) in [6.07, 6.45) is 0.579. The van der Waals surface area contributed by atoms with E-state index in [1.807, 2.05) is 6.92 Å². The summed E-state index contributed by atoms with van der Waals surface area (Å²) in [5.41, 5.74) is 0.655. The molecule has 2 heteroatoms. The largest absolute Gasteiger partial charge is 0.295 e. The minimum Gasteiger partial charge on any atom is -0.295 e. The third kappa shape index (κ3) is 3.93. The second kappa shape index (κ2) is 4.91. The number of carbonyl (C=O) groups is 1. The van der Waals surface area contributed by atoms with Crippen LogP contribution in [0.4, 0.5) is 0 Å². The Morgan fingerprint density at radius 3 is 2.00 bits per heavy atom. The molecule has 0 spiro atoms. The normalized spacial score (nSPS) is 7.25. The van der Waals surface area contributed by atoms with Crippen molar-refractivity contribution in [1.82, 2.24) is 0 Å². The molecule has 0 unspecified atom stereocenters. The summed E-state index contributed by atoms with van der Waals surface area (Å²) in [4.78, 5) is 10.4. The van der Waals surface area contributed by atoms with Crippen LogP contribution in [0.5, 0.6) is 0 Å². The van der Waals surface area contributed by atoms with Crippen LogP contribution in [0.1, 0.15) is 20.3 Å². The first-order valence-corrected chi connectivity index (χ1v) is 2.37. The Morgan fingerprint density at radius 2 is 2.00 bits per heavy atom. The Kier molecular flexibility index (Phi) is 6.56. The summed E-state index contributed by atoms with van der Waals surface area (Å²) in [5, 5.41) is 0. The lowest BCUT2D eigenvalue weighted by molar-refractivity contribution is -0.115. The number of hydrogen-bond donors (Lipinski definition) is 0. The van der Waals surface area contributed by atoms with Gasteiger partial charge >= 0.3 is 0 Å². The van der Waals surface area contributed by atoms with Crippen LogP contribution in [0.3, 0.4) is 0 Å². The molecule has 0 saturated carbocycles. The fourth-order valence-corrected chi connectivity index (χ4v) is 0.302. The van der Waals surface area contributed by atoms with Crippen molar-refractivity contribution in [3.05, 3.63) is 12.2 Å². The van der Waals surface area contributed by atoms with E-state index in [0.717, 1.165) is 0 Å². The molecular weight excluding hydrogens is 120 g/mol. The second-order valence-corrected chi connectivity index (χ2v) is 1.56. The predicted octanol–water partition coefficient (Wildman–Crippen LogP) is 1.65. The molecule has 0 radical (unpaired) electrons. The summed E-state index contributed by atoms with van der Waals surface area (Å²) in [7, 11) is 0. The molecule has 0 N–H and O–H groups in total. The van der Waals surface area contributed by atoms with Crippen molar-refractivity contribution < 1.29 is 4.79 Å². The third-order valence-electron chi connectivity index (χ3n) is 0.797. The Morgan fingerprint density at radius 1 is 1.62 bits per heavy atom. The first kappa shape index (κ1) is 10.7. The van der Waals surface area contributed by atoms with Crippen LogP contribution in [0.2, 0.25) is 0 Å². The molecule has 8 heavy (non-hydrogen) atoms. The highest BCUT2D eigenvalue weighted by Crippen LogP contribution is 1.91. The van der Waals surface area contributed by atoms with E-state index in [-0.39, 0.29) is 19.3 Å². The van der Waals surface area contributed by atoms with E-state index < -0.39 is 0 Å². The van der Waals surface area contributed by atoms with Crippen molar-refractivity contribution >= 4 is 19.3 Å². The third-order valence-corrected chi connectivity index (χ3v) is 0.797. The van der Waals surface area contributed by atoms with E-state index in [1.165, 1.54) is 0 Å². The SMILES string of the molecule is C=C(C)C(=O)CC.S. The lowest BCUT2D eigenvalue weighted by Gasteiger charge is -1.87. The number of allylic oxidation sites excluding steroid dienone is 1. The zero-order valence-corrected chi connectivity index (χ0v) is 6.32. The van der Waals surface area contributed by atoms with E-state index in [1.54, 1.807) is 6.92 Å². The highest BCUT2D eigenvalue weighted by atomic mass is 32.1. The van der Waals surface area contributed by atoms with Crippen LogP contribution >= 0.6 is 13.5 Å². The molecular formula is C6H12OS. The first-order valence-electron chi connectivity index (χ1n) is 2.37. The maximum atomic E-state index is 10.4. The number of Topliss-reactive ketones (excluding diaryl/α,β-unsaturated/α-hetero) is 1. The van der Waals surface area contributed by atoms with Crippen molar-refractivity contribution in [2.24, 2.45) is 0 Å². The van der Waals surface area contributed by atoms with E-state index in [2.05, 4.69) is 6.58 Å². The number of hydrogen-bond acceptors (Lipinski definition) is 1. The number of ketones is 1. The molecule has 0 heterocycles. The van der Waals surface area contributed by atoms with Gasteiger partial charge in [0.25, 0.3) is 0 Å². The Balaban J connectivity index is 0. The van der Waals surface area contributed by atoms with E-state index in [9.17, 15) is 4.79 Å². The van der Waals surface area contributed by atoms with Gasteiger partial charge in [-0.15, -0.1) is 0 Å². The van der Waals surface area contributed by atoms with Gasteiger partial charge in [-0.25, -0.2) is 0 Å². The van der Waals surface area contributed by atoms with Gasteiger partial charge in [-0.3, -0.25) is 4.79 Å². The maximum Gasteiger partial charge on any atom is 0.157 e. The van der Waals surface area contributed by atoms with Crippen molar-refractivity contribution in [2.45, 2.75) is 20.3 Å². The van der Waals surface area contributed by atoms with Crippen molar-refractivity contribution in [2.75, 3.05) is 0 Å². The quantitative estimate of drug-likeness (QED) is 0.522. The summed E-state index contributed by atoms with van der Waals surface area (Å²) in [5.74, 6) is 0.153.